The lowest BCUT2D eigenvalue weighted by Gasteiger charge is -2.26. The van der Waals surface area contributed by atoms with Crippen LogP contribution in [0.5, 0.6) is 0 Å². The van der Waals surface area contributed by atoms with Gasteiger partial charge in [-0.2, -0.15) is 0 Å². The standard InChI is InChI=1S/C24H31NO6/c1-24(2,31-17-20-12-8-5-9-13-20)14-15-29-18-21(22(26)28-3)25-23(27)30-16-19-10-6-4-7-11-19/h4-13,21H,14-18H2,1-3H3,(H,25,27)/t21-/m0/s1. The lowest BCUT2D eigenvalue weighted by Crippen LogP contribution is -2.45. The van der Waals surface area contributed by atoms with Crippen LogP contribution in [-0.2, 0) is 37.0 Å². The smallest absolute Gasteiger partial charge is 0.408 e. The summed E-state index contributed by atoms with van der Waals surface area (Å²) in [6, 6.07) is 18.2. The van der Waals surface area contributed by atoms with E-state index in [1.807, 2.05) is 74.5 Å². The zero-order chi connectivity index (χ0) is 22.5. The molecular weight excluding hydrogens is 398 g/mol. The second-order valence-corrected chi connectivity index (χ2v) is 7.64. The lowest BCUT2D eigenvalue weighted by molar-refractivity contribution is -0.144. The van der Waals surface area contributed by atoms with Gasteiger partial charge in [0, 0.05) is 6.61 Å². The monoisotopic (exact) mass is 429 g/mol. The van der Waals surface area contributed by atoms with E-state index in [2.05, 4.69) is 5.32 Å². The summed E-state index contributed by atoms with van der Waals surface area (Å²) >= 11 is 0. The van der Waals surface area contributed by atoms with Gasteiger partial charge in [-0.15, -0.1) is 0 Å². The first-order valence-electron chi connectivity index (χ1n) is 10.2. The predicted molar refractivity (Wildman–Crippen MR) is 116 cm³/mol. The van der Waals surface area contributed by atoms with Crippen molar-refractivity contribution in [3.8, 4) is 0 Å². The molecule has 1 atom stereocenters. The maximum Gasteiger partial charge on any atom is 0.408 e. The molecule has 0 radical (unpaired) electrons. The first-order valence-corrected chi connectivity index (χ1v) is 10.2. The SMILES string of the molecule is COC(=O)[C@H](COCCC(C)(C)OCc1ccccc1)NC(=O)OCc1ccccc1. The highest BCUT2D eigenvalue weighted by Crippen LogP contribution is 2.17. The van der Waals surface area contributed by atoms with Crippen LogP contribution in [0.4, 0.5) is 4.79 Å². The fraction of sp³-hybridized carbons (Fsp3) is 0.417. The number of esters is 1. The van der Waals surface area contributed by atoms with Crippen LogP contribution in [0.1, 0.15) is 31.4 Å². The molecule has 0 saturated carbocycles. The maximum atomic E-state index is 12.0. The van der Waals surface area contributed by atoms with E-state index in [0.29, 0.717) is 19.6 Å². The Kier molecular flexibility index (Phi) is 10.00. The number of methoxy groups -OCH3 is 1. The van der Waals surface area contributed by atoms with Gasteiger partial charge in [0.2, 0.25) is 0 Å². The molecule has 0 unspecified atom stereocenters. The molecule has 0 aliphatic heterocycles. The van der Waals surface area contributed by atoms with Crippen molar-refractivity contribution in [3.63, 3.8) is 0 Å². The summed E-state index contributed by atoms with van der Waals surface area (Å²) in [5, 5.41) is 2.49. The number of rotatable bonds is 12. The highest BCUT2D eigenvalue weighted by molar-refractivity contribution is 5.81. The summed E-state index contributed by atoms with van der Waals surface area (Å²) in [4.78, 5) is 24.0. The van der Waals surface area contributed by atoms with Gasteiger partial charge in [0.1, 0.15) is 6.61 Å². The number of carbonyl (C=O) groups is 2. The molecule has 1 amide bonds. The van der Waals surface area contributed by atoms with Crippen molar-refractivity contribution in [3.05, 3.63) is 71.8 Å². The predicted octanol–water partition coefficient (Wildman–Crippen LogP) is 3.86. The van der Waals surface area contributed by atoms with Gasteiger partial charge in [-0.25, -0.2) is 9.59 Å². The summed E-state index contributed by atoms with van der Waals surface area (Å²) in [7, 11) is 1.26. The molecule has 0 aliphatic rings. The van der Waals surface area contributed by atoms with Gasteiger partial charge in [0.25, 0.3) is 0 Å². The number of alkyl carbamates (subject to hydrolysis) is 1. The van der Waals surface area contributed by atoms with Crippen LogP contribution < -0.4 is 5.32 Å². The summed E-state index contributed by atoms with van der Waals surface area (Å²) in [5.74, 6) is -0.601. The Hall–Kier alpha value is -2.90. The summed E-state index contributed by atoms with van der Waals surface area (Å²) in [6.45, 7) is 4.91. The number of hydrogen-bond donors (Lipinski definition) is 1. The van der Waals surface area contributed by atoms with Crippen molar-refractivity contribution in [2.45, 2.75) is 45.1 Å². The van der Waals surface area contributed by atoms with Crippen molar-refractivity contribution in [2.24, 2.45) is 0 Å². The molecule has 2 rings (SSSR count). The van der Waals surface area contributed by atoms with Crippen molar-refractivity contribution in [1.29, 1.82) is 0 Å². The van der Waals surface area contributed by atoms with E-state index < -0.39 is 23.7 Å². The highest BCUT2D eigenvalue weighted by atomic mass is 16.6. The largest absolute Gasteiger partial charge is 0.467 e. The van der Waals surface area contributed by atoms with Crippen molar-refractivity contribution < 1.29 is 28.5 Å². The first-order chi connectivity index (χ1) is 14.9. The molecule has 168 valence electrons. The molecule has 7 nitrogen and oxygen atoms in total. The average molecular weight is 430 g/mol. The van der Waals surface area contributed by atoms with Gasteiger partial charge in [-0.1, -0.05) is 60.7 Å². The molecule has 2 aromatic rings. The summed E-state index contributed by atoms with van der Waals surface area (Å²) in [5.41, 5.74) is 1.54. The number of hydrogen-bond acceptors (Lipinski definition) is 6. The molecule has 1 N–H and O–H groups in total. The van der Waals surface area contributed by atoms with E-state index in [0.717, 1.165) is 11.1 Å². The molecule has 0 spiro atoms. The molecule has 0 saturated heterocycles. The Balaban J connectivity index is 1.72. The van der Waals surface area contributed by atoms with Crippen LogP contribution in [-0.4, -0.2) is 44.0 Å². The maximum absolute atomic E-state index is 12.0. The normalized spacial score (nSPS) is 12.1. The van der Waals surface area contributed by atoms with Crippen molar-refractivity contribution >= 4 is 12.1 Å². The topological polar surface area (TPSA) is 83.1 Å². The minimum absolute atomic E-state index is 0.0259. The minimum atomic E-state index is -0.957. The van der Waals surface area contributed by atoms with Gasteiger partial charge in [0.05, 0.1) is 25.9 Å². The van der Waals surface area contributed by atoms with Gasteiger partial charge in [-0.3, -0.25) is 0 Å². The Morgan fingerprint density at radius 1 is 0.935 bits per heavy atom. The van der Waals surface area contributed by atoms with Crippen molar-refractivity contribution in [2.75, 3.05) is 20.3 Å². The molecule has 31 heavy (non-hydrogen) atoms. The molecular formula is C24H31NO6. The Morgan fingerprint density at radius 2 is 1.52 bits per heavy atom. The third kappa shape index (κ3) is 9.63. The van der Waals surface area contributed by atoms with E-state index in [1.165, 1.54) is 7.11 Å². The molecule has 7 heteroatoms. The fourth-order valence-corrected chi connectivity index (χ4v) is 2.66. The second kappa shape index (κ2) is 12.7. The van der Waals surface area contributed by atoms with Crippen LogP contribution in [0.2, 0.25) is 0 Å². The zero-order valence-corrected chi connectivity index (χ0v) is 18.3. The van der Waals surface area contributed by atoms with Crippen LogP contribution >= 0.6 is 0 Å². The van der Waals surface area contributed by atoms with Gasteiger partial charge in [0.15, 0.2) is 6.04 Å². The van der Waals surface area contributed by atoms with Crippen LogP contribution in [0.3, 0.4) is 0 Å². The third-order valence-electron chi connectivity index (χ3n) is 4.60. The molecule has 0 aliphatic carbocycles. The molecule has 0 bridgehead atoms. The lowest BCUT2D eigenvalue weighted by atomic mass is 10.1. The number of nitrogens with one attached hydrogen (secondary N) is 1. The van der Waals surface area contributed by atoms with Gasteiger partial charge >= 0.3 is 12.1 Å². The van der Waals surface area contributed by atoms with E-state index in [4.69, 9.17) is 18.9 Å². The van der Waals surface area contributed by atoms with E-state index in [1.54, 1.807) is 0 Å². The molecule has 0 aromatic heterocycles. The number of amides is 1. The van der Waals surface area contributed by atoms with E-state index in [9.17, 15) is 9.59 Å². The molecule has 0 heterocycles. The Morgan fingerprint density at radius 3 is 2.10 bits per heavy atom. The van der Waals surface area contributed by atoms with Gasteiger partial charge < -0.3 is 24.3 Å². The third-order valence-corrected chi connectivity index (χ3v) is 4.60. The Labute approximate surface area is 183 Å². The van der Waals surface area contributed by atoms with Crippen molar-refractivity contribution in [1.82, 2.24) is 5.32 Å². The van der Waals surface area contributed by atoms with E-state index in [-0.39, 0.29) is 13.2 Å². The highest BCUT2D eigenvalue weighted by Gasteiger charge is 2.24. The van der Waals surface area contributed by atoms with E-state index >= 15 is 0 Å². The number of benzene rings is 2. The quantitative estimate of drug-likeness (QED) is 0.408. The molecule has 2 aromatic carbocycles. The van der Waals surface area contributed by atoms with Crippen LogP contribution in [0, 0.1) is 0 Å². The summed E-state index contributed by atoms with van der Waals surface area (Å²) < 4.78 is 21.5. The summed E-state index contributed by atoms with van der Waals surface area (Å²) in [6.07, 6.45) is -0.0963. The zero-order valence-electron chi connectivity index (χ0n) is 18.3. The first kappa shape index (κ1) is 24.4. The minimum Gasteiger partial charge on any atom is -0.467 e. The fourth-order valence-electron chi connectivity index (χ4n) is 2.66. The molecule has 0 fully saturated rings. The van der Waals surface area contributed by atoms with Crippen LogP contribution in [0.15, 0.2) is 60.7 Å². The van der Waals surface area contributed by atoms with Crippen LogP contribution in [0.25, 0.3) is 0 Å². The number of carbonyl (C=O) groups excluding carboxylic acids is 2. The number of ether oxygens (including phenoxy) is 4. The van der Waals surface area contributed by atoms with Gasteiger partial charge in [-0.05, 0) is 31.4 Å². The second-order valence-electron chi connectivity index (χ2n) is 7.64. The average Bonchev–Trinajstić information content (AvgIpc) is 2.79. The Bertz CT molecular complexity index is 794.